The van der Waals surface area contributed by atoms with E-state index in [1.807, 2.05) is 17.5 Å². The molecule has 11 heavy (non-hydrogen) atoms. The first-order chi connectivity index (χ1) is 5.33. The van der Waals surface area contributed by atoms with Gasteiger partial charge in [-0.15, -0.1) is 0 Å². The second kappa shape index (κ2) is 2.12. The Morgan fingerprint density at radius 1 is 1.64 bits per heavy atom. The van der Waals surface area contributed by atoms with Crippen LogP contribution in [-0.4, -0.2) is 9.38 Å². The van der Waals surface area contributed by atoms with Gasteiger partial charge in [-0.3, -0.25) is 4.40 Å². The molecule has 58 valence electrons. The van der Waals surface area contributed by atoms with Crippen LogP contribution in [0.3, 0.4) is 0 Å². The molecule has 3 heteroatoms. The number of nitrogens with zero attached hydrogens (tertiary/aromatic N) is 2. The van der Waals surface area contributed by atoms with E-state index >= 15 is 0 Å². The SMILES string of the molecule is CCc1oc2nccn2c1C. The monoisotopic (exact) mass is 150 g/mol. The summed E-state index contributed by atoms with van der Waals surface area (Å²) in [6, 6.07) is 0. The number of rotatable bonds is 1. The van der Waals surface area contributed by atoms with Crippen LogP contribution in [0.4, 0.5) is 0 Å². The van der Waals surface area contributed by atoms with Crippen molar-refractivity contribution in [3.05, 3.63) is 23.8 Å². The first-order valence-electron chi connectivity index (χ1n) is 3.74. The molecule has 0 saturated heterocycles. The zero-order valence-corrected chi connectivity index (χ0v) is 6.66. The average Bonchev–Trinajstić information content (AvgIpc) is 2.53. The molecule has 0 aliphatic heterocycles. The Bertz CT molecular complexity index is 372. The zero-order chi connectivity index (χ0) is 7.84. The summed E-state index contributed by atoms with van der Waals surface area (Å²) in [6.45, 7) is 4.11. The largest absolute Gasteiger partial charge is 0.428 e. The minimum absolute atomic E-state index is 0.694. The van der Waals surface area contributed by atoms with Crippen LogP contribution in [0.25, 0.3) is 5.84 Å². The summed E-state index contributed by atoms with van der Waals surface area (Å²) in [5.74, 6) is 1.72. The van der Waals surface area contributed by atoms with Gasteiger partial charge in [0.05, 0.1) is 5.69 Å². The Hall–Kier alpha value is -1.25. The molecule has 2 aromatic rings. The Morgan fingerprint density at radius 2 is 2.45 bits per heavy atom. The van der Waals surface area contributed by atoms with E-state index in [-0.39, 0.29) is 0 Å². The van der Waals surface area contributed by atoms with E-state index in [2.05, 4.69) is 11.9 Å². The molecule has 2 heterocycles. The molecule has 0 aliphatic carbocycles. The average molecular weight is 150 g/mol. The van der Waals surface area contributed by atoms with E-state index in [1.54, 1.807) is 6.20 Å². The van der Waals surface area contributed by atoms with Crippen LogP contribution in [0, 0.1) is 6.92 Å². The number of aromatic nitrogens is 2. The van der Waals surface area contributed by atoms with E-state index in [4.69, 9.17) is 4.42 Å². The van der Waals surface area contributed by atoms with Crippen molar-refractivity contribution in [1.29, 1.82) is 0 Å². The van der Waals surface area contributed by atoms with Crippen molar-refractivity contribution in [1.82, 2.24) is 9.38 Å². The summed E-state index contributed by atoms with van der Waals surface area (Å²) in [5.41, 5.74) is 1.15. The van der Waals surface area contributed by atoms with Crippen LogP contribution in [-0.2, 0) is 6.42 Å². The molecular formula is C8H10N2O. The van der Waals surface area contributed by atoms with Crippen LogP contribution >= 0.6 is 0 Å². The van der Waals surface area contributed by atoms with Crippen molar-refractivity contribution < 1.29 is 4.42 Å². The third kappa shape index (κ3) is 0.770. The summed E-state index contributed by atoms with van der Waals surface area (Å²) in [7, 11) is 0. The number of oxazole rings is 1. The van der Waals surface area contributed by atoms with Crippen LogP contribution < -0.4 is 0 Å². The highest BCUT2D eigenvalue weighted by Crippen LogP contribution is 2.14. The third-order valence-corrected chi connectivity index (χ3v) is 1.91. The number of hydrogen-bond acceptors (Lipinski definition) is 2. The number of hydrogen-bond donors (Lipinski definition) is 0. The quantitative estimate of drug-likeness (QED) is 0.620. The van der Waals surface area contributed by atoms with Crippen molar-refractivity contribution in [2.45, 2.75) is 20.3 Å². The van der Waals surface area contributed by atoms with Gasteiger partial charge in [-0.1, -0.05) is 6.92 Å². The van der Waals surface area contributed by atoms with E-state index in [9.17, 15) is 0 Å². The minimum atomic E-state index is 0.694. The lowest BCUT2D eigenvalue weighted by molar-refractivity contribution is 0.541. The lowest BCUT2D eigenvalue weighted by Gasteiger charge is -1.88. The smallest absolute Gasteiger partial charge is 0.306 e. The minimum Gasteiger partial charge on any atom is -0.428 e. The van der Waals surface area contributed by atoms with E-state index < -0.39 is 0 Å². The molecular weight excluding hydrogens is 140 g/mol. The molecule has 0 fully saturated rings. The number of imidazole rings is 1. The Morgan fingerprint density at radius 3 is 3.09 bits per heavy atom. The fourth-order valence-corrected chi connectivity index (χ4v) is 1.27. The van der Waals surface area contributed by atoms with Crippen LogP contribution in [0.5, 0.6) is 0 Å². The molecule has 0 unspecified atom stereocenters. The summed E-state index contributed by atoms with van der Waals surface area (Å²) in [4.78, 5) is 4.04. The molecule has 0 amide bonds. The number of fused-ring (bicyclic) bond motifs is 1. The van der Waals surface area contributed by atoms with Gasteiger partial charge in [0.2, 0.25) is 0 Å². The van der Waals surface area contributed by atoms with Gasteiger partial charge in [-0.2, -0.15) is 0 Å². The van der Waals surface area contributed by atoms with Gasteiger partial charge >= 0.3 is 5.84 Å². The molecule has 3 nitrogen and oxygen atoms in total. The highest BCUT2D eigenvalue weighted by Gasteiger charge is 2.07. The molecule has 0 saturated carbocycles. The van der Waals surface area contributed by atoms with Gasteiger partial charge in [0, 0.05) is 18.8 Å². The van der Waals surface area contributed by atoms with Crippen molar-refractivity contribution in [3.8, 4) is 0 Å². The summed E-state index contributed by atoms with van der Waals surface area (Å²) in [6.07, 6.45) is 4.58. The lowest BCUT2D eigenvalue weighted by Crippen LogP contribution is -1.84. The van der Waals surface area contributed by atoms with Gasteiger partial charge in [-0.25, -0.2) is 4.98 Å². The van der Waals surface area contributed by atoms with E-state index in [0.717, 1.165) is 17.9 Å². The third-order valence-electron chi connectivity index (χ3n) is 1.91. The van der Waals surface area contributed by atoms with Gasteiger partial charge < -0.3 is 4.42 Å². The predicted octanol–water partition coefficient (Wildman–Crippen LogP) is 1.80. The summed E-state index contributed by atoms with van der Waals surface area (Å²) in [5, 5.41) is 0. The molecule has 0 aliphatic rings. The van der Waals surface area contributed by atoms with Gasteiger partial charge in [-0.05, 0) is 6.92 Å². The second-order valence-electron chi connectivity index (χ2n) is 2.54. The fraction of sp³-hybridized carbons (Fsp3) is 0.375. The molecule has 0 radical (unpaired) electrons. The van der Waals surface area contributed by atoms with Crippen LogP contribution in [0.1, 0.15) is 18.4 Å². The lowest BCUT2D eigenvalue weighted by atomic mass is 10.3. The second-order valence-corrected chi connectivity index (χ2v) is 2.54. The highest BCUT2D eigenvalue weighted by atomic mass is 16.4. The first-order valence-corrected chi connectivity index (χ1v) is 3.74. The van der Waals surface area contributed by atoms with Gasteiger partial charge in [0.1, 0.15) is 5.76 Å². The zero-order valence-electron chi connectivity index (χ0n) is 6.66. The van der Waals surface area contributed by atoms with Gasteiger partial charge in [0.25, 0.3) is 0 Å². The molecule has 0 atom stereocenters. The number of aryl methyl sites for hydroxylation is 2. The molecule has 2 rings (SSSR count). The maximum atomic E-state index is 5.44. The van der Waals surface area contributed by atoms with Crippen LogP contribution in [0.2, 0.25) is 0 Å². The Balaban J connectivity index is 2.76. The molecule has 0 aromatic carbocycles. The maximum absolute atomic E-state index is 5.44. The van der Waals surface area contributed by atoms with Gasteiger partial charge in [0.15, 0.2) is 0 Å². The van der Waals surface area contributed by atoms with E-state index in [1.165, 1.54) is 0 Å². The molecule has 2 aromatic heterocycles. The Labute approximate surface area is 64.7 Å². The summed E-state index contributed by atoms with van der Waals surface area (Å²) >= 11 is 0. The maximum Gasteiger partial charge on any atom is 0.306 e. The standard InChI is InChI=1S/C8H10N2O/c1-3-7-6(2)10-5-4-9-8(10)11-7/h4-5H,3H2,1-2H3. The van der Waals surface area contributed by atoms with Crippen molar-refractivity contribution in [2.75, 3.05) is 0 Å². The fourth-order valence-electron chi connectivity index (χ4n) is 1.27. The van der Waals surface area contributed by atoms with Crippen LogP contribution in [0.15, 0.2) is 16.8 Å². The predicted molar refractivity (Wildman–Crippen MR) is 41.6 cm³/mol. The topological polar surface area (TPSA) is 30.4 Å². The van der Waals surface area contributed by atoms with Crippen molar-refractivity contribution >= 4 is 5.84 Å². The van der Waals surface area contributed by atoms with Crippen molar-refractivity contribution in [3.63, 3.8) is 0 Å². The normalized spacial score (nSPS) is 11.1. The first kappa shape index (κ1) is 6.46. The molecule has 0 spiro atoms. The molecule has 0 bridgehead atoms. The highest BCUT2D eigenvalue weighted by molar-refractivity contribution is 5.29. The van der Waals surface area contributed by atoms with Crippen molar-refractivity contribution in [2.24, 2.45) is 0 Å². The van der Waals surface area contributed by atoms with E-state index in [0.29, 0.717) is 5.84 Å². The molecule has 0 N–H and O–H groups in total. The Kier molecular flexibility index (Phi) is 1.24. The summed E-state index contributed by atoms with van der Waals surface area (Å²) < 4.78 is 7.40.